The summed E-state index contributed by atoms with van der Waals surface area (Å²) in [6.07, 6.45) is 1.54. The first-order chi connectivity index (χ1) is 13.0. The molecule has 0 amide bonds. The van der Waals surface area contributed by atoms with E-state index in [1.165, 1.54) is 0 Å². The Morgan fingerprint density at radius 1 is 1.30 bits per heavy atom. The van der Waals surface area contributed by atoms with Gasteiger partial charge in [-0.15, -0.1) is 0 Å². The van der Waals surface area contributed by atoms with Crippen LogP contribution in [0.25, 0.3) is 0 Å². The first-order valence-corrected chi connectivity index (χ1v) is 10.9. The van der Waals surface area contributed by atoms with Gasteiger partial charge in [-0.3, -0.25) is 14.6 Å². The maximum absolute atomic E-state index is 12.5. The highest BCUT2D eigenvalue weighted by Gasteiger charge is 2.18. The minimum Gasteiger partial charge on any atom is -0.379 e. The lowest BCUT2D eigenvalue weighted by atomic mass is 10.3. The third kappa shape index (κ3) is 6.13. The standard InChI is InChI=1S/C17H25N5O3S2/c23-27(24,21-16-5-2-6-18-16)15-4-1-3-14(13-15)20-17(26)19-7-8-22-9-11-25-12-10-22/h1,3-4,13H,2,5-12H2,(H,18,21)(H2,19,20,26). The zero-order valence-electron chi connectivity index (χ0n) is 15.1. The summed E-state index contributed by atoms with van der Waals surface area (Å²) in [7, 11) is -3.64. The summed E-state index contributed by atoms with van der Waals surface area (Å²) in [5, 5.41) is 6.65. The fourth-order valence-electron chi connectivity index (χ4n) is 2.91. The topological polar surface area (TPSA) is 95.1 Å². The Morgan fingerprint density at radius 2 is 2.11 bits per heavy atom. The summed E-state index contributed by atoms with van der Waals surface area (Å²) in [5.41, 5.74) is 0.620. The van der Waals surface area contributed by atoms with Gasteiger partial charge in [0, 0.05) is 44.8 Å². The van der Waals surface area contributed by atoms with Crippen LogP contribution in [-0.2, 0) is 14.8 Å². The average molecular weight is 412 g/mol. The number of sulfonamides is 1. The molecule has 1 saturated heterocycles. The number of anilines is 1. The second-order valence-corrected chi connectivity index (χ2v) is 8.49. The molecular formula is C17H25N5O3S2. The molecular weight excluding hydrogens is 386 g/mol. The second-order valence-electron chi connectivity index (χ2n) is 6.40. The Labute approximate surface area is 165 Å². The van der Waals surface area contributed by atoms with Gasteiger partial charge in [-0.05, 0) is 36.8 Å². The summed E-state index contributed by atoms with van der Waals surface area (Å²) >= 11 is 5.31. The molecule has 3 rings (SSSR count). The van der Waals surface area contributed by atoms with Crippen molar-refractivity contribution in [2.24, 2.45) is 4.99 Å². The molecule has 0 radical (unpaired) electrons. The number of rotatable bonds is 6. The van der Waals surface area contributed by atoms with Crippen molar-refractivity contribution < 1.29 is 13.2 Å². The summed E-state index contributed by atoms with van der Waals surface area (Å²) in [5.74, 6) is 0.522. The SMILES string of the molecule is O=S(=O)(NC1=NCCC1)c1cccc(NC(=S)NCCN2CCOCC2)c1. The van der Waals surface area contributed by atoms with E-state index >= 15 is 0 Å². The molecule has 1 fully saturated rings. The number of hydrogen-bond acceptors (Lipinski definition) is 6. The quantitative estimate of drug-likeness (QED) is 0.596. The molecule has 2 heterocycles. The van der Waals surface area contributed by atoms with Crippen molar-refractivity contribution in [3.05, 3.63) is 24.3 Å². The molecule has 2 aliphatic heterocycles. The molecule has 27 heavy (non-hydrogen) atoms. The highest BCUT2D eigenvalue weighted by Crippen LogP contribution is 2.16. The van der Waals surface area contributed by atoms with Crippen LogP contribution in [0.1, 0.15) is 12.8 Å². The molecule has 1 aromatic carbocycles. The van der Waals surface area contributed by atoms with Crippen LogP contribution in [0, 0.1) is 0 Å². The molecule has 0 spiro atoms. The normalized spacial score (nSPS) is 18.0. The molecule has 2 aliphatic rings. The van der Waals surface area contributed by atoms with Crippen molar-refractivity contribution in [1.29, 1.82) is 0 Å². The number of ether oxygens (including phenoxy) is 1. The average Bonchev–Trinajstić information content (AvgIpc) is 3.15. The lowest BCUT2D eigenvalue weighted by molar-refractivity contribution is 0.0389. The van der Waals surface area contributed by atoms with Crippen LogP contribution in [0.3, 0.4) is 0 Å². The Hall–Kier alpha value is -1.75. The maximum atomic E-state index is 12.5. The first kappa shape index (κ1) is 20.0. The van der Waals surface area contributed by atoms with E-state index in [9.17, 15) is 8.42 Å². The van der Waals surface area contributed by atoms with Gasteiger partial charge in [0.1, 0.15) is 5.84 Å². The maximum Gasteiger partial charge on any atom is 0.262 e. The van der Waals surface area contributed by atoms with E-state index in [4.69, 9.17) is 17.0 Å². The van der Waals surface area contributed by atoms with Crippen molar-refractivity contribution in [2.45, 2.75) is 17.7 Å². The molecule has 148 valence electrons. The molecule has 3 N–H and O–H groups in total. The first-order valence-electron chi connectivity index (χ1n) is 9.04. The smallest absolute Gasteiger partial charge is 0.262 e. The van der Waals surface area contributed by atoms with E-state index < -0.39 is 10.0 Å². The highest BCUT2D eigenvalue weighted by molar-refractivity contribution is 7.90. The highest BCUT2D eigenvalue weighted by atomic mass is 32.2. The van der Waals surface area contributed by atoms with Crippen molar-refractivity contribution in [3.8, 4) is 0 Å². The van der Waals surface area contributed by atoms with Crippen LogP contribution >= 0.6 is 12.2 Å². The monoisotopic (exact) mass is 411 g/mol. The molecule has 0 saturated carbocycles. The Balaban J connectivity index is 1.51. The van der Waals surface area contributed by atoms with Crippen LogP contribution in [0.15, 0.2) is 34.2 Å². The molecule has 1 aromatic rings. The number of benzene rings is 1. The Morgan fingerprint density at radius 3 is 2.85 bits per heavy atom. The van der Waals surface area contributed by atoms with Crippen LogP contribution in [0.4, 0.5) is 5.69 Å². The van der Waals surface area contributed by atoms with Crippen LogP contribution in [0.5, 0.6) is 0 Å². The third-order valence-electron chi connectivity index (χ3n) is 4.35. The van der Waals surface area contributed by atoms with E-state index in [2.05, 4.69) is 25.2 Å². The predicted octanol–water partition coefficient (Wildman–Crippen LogP) is 0.776. The van der Waals surface area contributed by atoms with Gasteiger partial charge in [-0.1, -0.05) is 6.07 Å². The van der Waals surface area contributed by atoms with E-state index in [1.54, 1.807) is 24.3 Å². The van der Waals surface area contributed by atoms with Crippen molar-refractivity contribution in [3.63, 3.8) is 0 Å². The molecule has 0 bridgehead atoms. The number of amidine groups is 1. The van der Waals surface area contributed by atoms with Crippen LogP contribution in [0.2, 0.25) is 0 Å². The summed E-state index contributed by atoms with van der Waals surface area (Å²) < 4.78 is 32.9. The number of nitrogens with zero attached hydrogens (tertiary/aromatic N) is 2. The van der Waals surface area contributed by atoms with Gasteiger partial charge in [-0.2, -0.15) is 0 Å². The van der Waals surface area contributed by atoms with E-state index in [0.29, 0.717) is 36.1 Å². The number of morpholine rings is 1. The molecule has 0 aliphatic carbocycles. The van der Waals surface area contributed by atoms with Crippen LogP contribution < -0.4 is 15.4 Å². The van der Waals surface area contributed by atoms with Gasteiger partial charge in [0.2, 0.25) is 0 Å². The zero-order valence-corrected chi connectivity index (χ0v) is 16.7. The fraction of sp³-hybridized carbons (Fsp3) is 0.529. The second kappa shape index (κ2) is 9.45. The van der Waals surface area contributed by atoms with E-state index in [1.807, 2.05) is 0 Å². The van der Waals surface area contributed by atoms with Crippen LogP contribution in [-0.4, -0.2) is 70.2 Å². The van der Waals surface area contributed by atoms with Gasteiger partial charge in [0.25, 0.3) is 10.0 Å². The summed E-state index contributed by atoms with van der Waals surface area (Å²) in [6.45, 7) is 5.66. The van der Waals surface area contributed by atoms with Gasteiger partial charge in [0.05, 0.1) is 18.1 Å². The number of aliphatic imine (C=N–C) groups is 1. The summed E-state index contributed by atoms with van der Waals surface area (Å²) in [4.78, 5) is 6.65. The third-order valence-corrected chi connectivity index (χ3v) is 5.97. The number of thiocarbonyl (C=S) groups is 1. The van der Waals surface area contributed by atoms with Gasteiger partial charge in [0.15, 0.2) is 5.11 Å². The Kier molecular flexibility index (Phi) is 7.00. The zero-order chi connectivity index (χ0) is 19.1. The van der Waals surface area contributed by atoms with Crippen molar-refractivity contribution in [2.75, 3.05) is 51.3 Å². The number of hydrogen-bond donors (Lipinski definition) is 3. The van der Waals surface area contributed by atoms with Gasteiger partial charge < -0.3 is 15.4 Å². The van der Waals surface area contributed by atoms with Crippen molar-refractivity contribution >= 4 is 38.9 Å². The molecule has 0 aromatic heterocycles. The largest absolute Gasteiger partial charge is 0.379 e. The van der Waals surface area contributed by atoms with Crippen molar-refractivity contribution in [1.82, 2.24) is 14.9 Å². The summed E-state index contributed by atoms with van der Waals surface area (Å²) in [6, 6.07) is 6.58. The Bertz CT molecular complexity index is 792. The van der Waals surface area contributed by atoms with Gasteiger partial charge >= 0.3 is 0 Å². The lowest BCUT2D eigenvalue weighted by Gasteiger charge is -2.26. The molecule has 0 unspecified atom stereocenters. The minimum atomic E-state index is -3.64. The minimum absolute atomic E-state index is 0.179. The van der Waals surface area contributed by atoms with E-state index in [0.717, 1.165) is 39.3 Å². The number of nitrogens with one attached hydrogen (secondary N) is 3. The van der Waals surface area contributed by atoms with Gasteiger partial charge in [-0.25, -0.2) is 8.42 Å². The van der Waals surface area contributed by atoms with E-state index in [-0.39, 0.29) is 4.90 Å². The molecule has 0 atom stereocenters. The fourth-order valence-corrected chi connectivity index (χ4v) is 4.26. The predicted molar refractivity (Wildman–Crippen MR) is 110 cm³/mol. The lowest BCUT2D eigenvalue weighted by Crippen LogP contribution is -2.42. The molecule has 8 nitrogen and oxygen atoms in total. The molecule has 10 heteroatoms.